The Balaban J connectivity index is 1.49. The van der Waals surface area contributed by atoms with E-state index in [-0.39, 0.29) is 18.5 Å². The minimum Gasteiger partial charge on any atom is -0.489 e. The average Bonchev–Trinajstić information content (AvgIpc) is 3.68. The smallest absolute Gasteiger partial charge is 0.305 e. The summed E-state index contributed by atoms with van der Waals surface area (Å²) in [7, 11) is 0. The van der Waals surface area contributed by atoms with Crippen LogP contribution in [0.1, 0.15) is 42.6 Å². The van der Waals surface area contributed by atoms with E-state index >= 15 is 0 Å². The first-order chi connectivity index (χ1) is 19.6. The zero-order chi connectivity index (χ0) is 27.7. The molecule has 0 aliphatic carbocycles. The lowest BCUT2D eigenvalue weighted by atomic mass is 9.99. The highest BCUT2D eigenvalue weighted by molar-refractivity contribution is 7.07. The summed E-state index contributed by atoms with van der Waals surface area (Å²) in [5.41, 5.74) is 6.32. The Morgan fingerprint density at radius 3 is 2.67 bits per heavy atom. The molecule has 0 aliphatic rings. The van der Waals surface area contributed by atoms with Gasteiger partial charge in [-0.3, -0.25) is 14.9 Å². The fourth-order valence-electron chi connectivity index (χ4n) is 4.42. The van der Waals surface area contributed by atoms with Crippen LogP contribution in [-0.4, -0.2) is 27.8 Å². The highest BCUT2D eigenvalue weighted by atomic mass is 32.1. The van der Waals surface area contributed by atoms with Gasteiger partial charge in [-0.2, -0.15) is 16.4 Å². The molecular formula is C32H31N3O4S. The maximum absolute atomic E-state index is 12.3. The van der Waals surface area contributed by atoms with Crippen LogP contribution in [0.3, 0.4) is 0 Å². The van der Waals surface area contributed by atoms with Crippen LogP contribution in [-0.2, 0) is 16.1 Å². The number of aromatic nitrogens is 3. The van der Waals surface area contributed by atoms with Crippen molar-refractivity contribution in [3.05, 3.63) is 106 Å². The second-order valence-corrected chi connectivity index (χ2v) is 10.0. The SMILES string of the molecule is CCOC(=O)CCC(Oc1cc(OCc2ccsc2)ccc1-c1cc(-c2ccccn2)[nH]n1)c1ccccc1C. The van der Waals surface area contributed by atoms with Crippen LogP contribution in [0.4, 0.5) is 0 Å². The number of carbonyl (C=O) groups excluding carboxylic acids is 1. The van der Waals surface area contributed by atoms with E-state index < -0.39 is 0 Å². The Bertz CT molecular complexity index is 1530. The number of hydrogen-bond acceptors (Lipinski definition) is 7. The maximum atomic E-state index is 12.3. The number of aromatic amines is 1. The molecule has 5 aromatic rings. The number of aryl methyl sites for hydroxylation is 1. The molecule has 0 spiro atoms. The molecule has 3 heterocycles. The summed E-state index contributed by atoms with van der Waals surface area (Å²) in [6.45, 7) is 4.66. The van der Waals surface area contributed by atoms with Gasteiger partial charge in [-0.05, 0) is 84.1 Å². The molecule has 1 unspecified atom stereocenters. The molecule has 0 saturated heterocycles. The van der Waals surface area contributed by atoms with Gasteiger partial charge in [-0.25, -0.2) is 0 Å². The zero-order valence-electron chi connectivity index (χ0n) is 22.5. The molecule has 8 heteroatoms. The van der Waals surface area contributed by atoms with Crippen LogP contribution >= 0.6 is 11.3 Å². The van der Waals surface area contributed by atoms with Crippen LogP contribution in [0.25, 0.3) is 22.6 Å². The number of pyridine rings is 1. The molecule has 1 atom stereocenters. The summed E-state index contributed by atoms with van der Waals surface area (Å²) in [5.74, 6) is 1.04. The normalized spacial score (nSPS) is 11.7. The van der Waals surface area contributed by atoms with Crippen molar-refractivity contribution < 1.29 is 19.0 Å². The number of esters is 1. The van der Waals surface area contributed by atoms with Gasteiger partial charge >= 0.3 is 5.97 Å². The lowest BCUT2D eigenvalue weighted by molar-refractivity contribution is -0.143. The van der Waals surface area contributed by atoms with Crippen molar-refractivity contribution in [1.82, 2.24) is 15.2 Å². The number of benzene rings is 2. The maximum Gasteiger partial charge on any atom is 0.305 e. The third-order valence-corrected chi connectivity index (χ3v) is 7.19. The molecule has 204 valence electrons. The fraction of sp³-hybridized carbons (Fsp3) is 0.219. The molecule has 0 aliphatic heterocycles. The van der Waals surface area contributed by atoms with E-state index in [1.165, 1.54) is 0 Å². The molecule has 40 heavy (non-hydrogen) atoms. The average molecular weight is 554 g/mol. The summed E-state index contributed by atoms with van der Waals surface area (Å²) >= 11 is 1.64. The van der Waals surface area contributed by atoms with Crippen molar-refractivity contribution in [3.63, 3.8) is 0 Å². The topological polar surface area (TPSA) is 86.3 Å². The molecule has 2 aromatic carbocycles. The van der Waals surface area contributed by atoms with Crippen molar-refractivity contribution in [2.24, 2.45) is 0 Å². The van der Waals surface area contributed by atoms with Gasteiger partial charge < -0.3 is 14.2 Å². The van der Waals surface area contributed by atoms with Gasteiger partial charge in [-0.15, -0.1) is 0 Å². The van der Waals surface area contributed by atoms with E-state index in [4.69, 9.17) is 14.2 Å². The number of carbonyl (C=O) groups is 1. The van der Waals surface area contributed by atoms with Crippen LogP contribution in [0.2, 0.25) is 0 Å². The van der Waals surface area contributed by atoms with Crippen molar-refractivity contribution in [3.8, 4) is 34.1 Å². The lowest BCUT2D eigenvalue weighted by Gasteiger charge is -2.23. The van der Waals surface area contributed by atoms with E-state index in [1.807, 2.05) is 92.0 Å². The summed E-state index contributed by atoms with van der Waals surface area (Å²) in [4.78, 5) is 16.7. The molecule has 0 fully saturated rings. The molecule has 1 N–H and O–H groups in total. The van der Waals surface area contributed by atoms with E-state index in [0.717, 1.165) is 33.6 Å². The van der Waals surface area contributed by atoms with Gasteiger partial charge in [0.05, 0.1) is 23.7 Å². The number of rotatable bonds is 12. The Morgan fingerprint density at radius 2 is 1.90 bits per heavy atom. The number of nitrogens with one attached hydrogen (secondary N) is 1. The van der Waals surface area contributed by atoms with Gasteiger partial charge in [0.25, 0.3) is 0 Å². The standard InChI is InChI=1S/C32H31N3O4S/c1-3-37-32(36)14-13-30(25-9-5-4-8-22(25)2)39-31-18-24(38-20-23-15-17-40-21-23)11-12-26(31)28-19-29(35-34-28)27-10-6-7-16-33-27/h4-12,15-19,21,30H,3,13-14,20H2,1-2H3,(H,34,35). The highest BCUT2D eigenvalue weighted by Crippen LogP contribution is 2.38. The largest absolute Gasteiger partial charge is 0.489 e. The van der Waals surface area contributed by atoms with E-state index in [2.05, 4.69) is 20.6 Å². The molecule has 5 rings (SSSR count). The van der Waals surface area contributed by atoms with Gasteiger partial charge in [-0.1, -0.05) is 30.3 Å². The number of nitrogens with zero attached hydrogens (tertiary/aromatic N) is 2. The fourth-order valence-corrected chi connectivity index (χ4v) is 5.07. The molecule has 0 radical (unpaired) electrons. The number of thiophene rings is 1. The van der Waals surface area contributed by atoms with E-state index in [0.29, 0.717) is 36.8 Å². The first-order valence-corrected chi connectivity index (χ1v) is 14.2. The van der Waals surface area contributed by atoms with E-state index in [1.54, 1.807) is 17.5 Å². The van der Waals surface area contributed by atoms with Crippen LogP contribution < -0.4 is 9.47 Å². The van der Waals surface area contributed by atoms with Gasteiger partial charge in [0.2, 0.25) is 0 Å². The Labute approximate surface area is 237 Å². The molecule has 3 aromatic heterocycles. The summed E-state index contributed by atoms with van der Waals surface area (Å²) in [6, 6.07) is 23.6. The molecular weight excluding hydrogens is 522 g/mol. The molecule has 0 saturated carbocycles. The number of hydrogen-bond donors (Lipinski definition) is 1. The molecule has 0 amide bonds. The minimum atomic E-state index is -0.384. The molecule has 7 nitrogen and oxygen atoms in total. The van der Waals surface area contributed by atoms with Crippen LogP contribution in [0.15, 0.2) is 89.8 Å². The van der Waals surface area contributed by atoms with E-state index in [9.17, 15) is 4.79 Å². The third kappa shape index (κ3) is 6.76. The Hall–Kier alpha value is -4.43. The van der Waals surface area contributed by atoms with Gasteiger partial charge in [0.15, 0.2) is 0 Å². The predicted octanol–water partition coefficient (Wildman–Crippen LogP) is 7.55. The lowest BCUT2D eigenvalue weighted by Crippen LogP contribution is -2.13. The second-order valence-electron chi connectivity index (χ2n) is 9.27. The summed E-state index contributed by atoms with van der Waals surface area (Å²) in [5, 5.41) is 11.8. The van der Waals surface area contributed by atoms with Crippen LogP contribution in [0.5, 0.6) is 11.5 Å². The number of H-pyrrole nitrogens is 1. The van der Waals surface area contributed by atoms with Crippen molar-refractivity contribution in [2.75, 3.05) is 6.61 Å². The minimum absolute atomic E-state index is 0.239. The zero-order valence-corrected chi connectivity index (χ0v) is 23.3. The first-order valence-electron chi connectivity index (χ1n) is 13.2. The highest BCUT2D eigenvalue weighted by Gasteiger charge is 2.21. The quantitative estimate of drug-likeness (QED) is 0.161. The van der Waals surface area contributed by atoms with Crippen molar-refractivity contribution in [2.45, 2.75) is 39.4 Å². The van der Waals surface area contributed by atoms with Gasteiger partial charge in [0.1, 0.15) is 24.2 Å². The first kappa shape index (κ1) is 27.1. The second kappa shape index (κ2) is 13.1. The summed E-state index contributed by atoms with van der Waals surface area (Å²) in [6.07, 6.45) is 2.07. The third-order valence-electron chi connectivity index (χ3n) is 6.45. The van der Waals surface area contributed by atoms with Crippen molar-refractivity contribution >= 4 is 17.3 Å². The predicted molar refractivity (Wildman–Crippen MR) is 156 cm³/mol. The monoisotopic (exact) mass is 553 g/mol. The Kier molecular flexibility index (Phi) is 8.88. The van der Waals surface area contributed by atoms with Crippen LogP contribution in [0, 0.1) is 6.92 Å². The number of ether oxygens (including phenoxy) is 3. The Morgan fingerprint density at radius 1 is 1.02 bits per heavy atom. The summed E-state index contributed by atoms with van der Waals surface area (Å²) < 4.78 is 18.0. The molecule has 0 bridgehead atoms. The van der Waals surface area contributed by atoms with Gasteiger partial charge in [0, 0.05) is 24.2 Å². The van der Waals surface area contributed by atoms with Crippen molar-refractivity contribution in [1.29, 1.82) is 0 Å².